The predicted molar refractivity (Wildman–Crippen MR) is 164 cm³/mol. The number of H-pyrrole nitrogens is 1. The largest absolute Gasteiger partial charge is 0.361 e. The van der Waals surface area contributed by atoms with Gasteiger partial charge in [-0.2, -0.15) is 0 Å². The second kappa shape index (κ2) is 12.5. The van der Waals surface area contributed by atoms with Crippen LogP contribution in [0.2, 0.25) is 0 Å². The molecule has 0 radical (unpaired) electrons. The molecule has 1 atom stereocenters. The van der Waals surface area contributed by atoms with Gasteiger partial charge in [-0.15, -0.1) is 0 Å². The number of carbonyl (C=O) groups excluding carboxylic acids is 2. The molecule has 42 heavy (non-hydrogen) atoms. The molecular weight excluding hydrogens is 528 g/mol. The highest BCUT2D eigenvalue weighted by atomic mass is 16.6. The Bertz CT molecular complexity index is 1690. The Balaban J connectivity index is 1.57. The number of aromatic amines is 1. The van der Waals surface area contributed by atoms with Crippen LogP contribution >= 0.6 is 0 Å². The van der Waals surface area contributed by atoms with Crippen LogP contribution in [0.25, 0.3) is 10.9 Å². The van der Waals surface area contributed by atoms with E-state index in [1.807, 2.05) is 85.1 Å². The average molecular weight is 561 g/mol. The smallest absolute Gasteiger partial charge is 0.269 e. The summed E-state index contributed by atoms with van der Waals surface area (Å²) >= 11 is 0. The van der Waals surface area contributed by atoms with Gasteiger partial charge in [0, 0.05) is 41.5 Å². The summed E-state index contributed by atoms with van der Waals surface area (Å²) in [5.74, 6) is -0.391. The molecule has 1 unspecified atom stereocenters. The van der Waals surface area contributed by atoms with Gasteiger partial charge < -0.3 is 10.3 Å². The molecule has 1 heterocycles. The van der Waals surface area contributed by atoms with Crippen molar-refractivity contribution in [1.29, 1.82) is 0 Å². The average Bonchev–Trinajstić information content (AvgIpc) is 3.41. The number of aromatic nitrogens is 1. The summed E-state index contributed by atoms with van der Waals surface area (Å²) in [5, 5.41) is 15.3. The number of hydrogen-bond acceptors (Lipinski definition) is 4. The molecular formula is C34H32N4O4. The molecule has 8 heteroatoms. The highest BCUT2D eigenvalue weighted by Gasteiger charge is 2.33. The summed E-state index contributed by atoms with van der Waals surface area (Å²) < 4.78 is 0. The number of fused-ring (bicyclic) bond motifs is 1. The van der Waals surface area contributed by atoms with E-state index in [9.17, 15) is 19.7 Å². The van der Waals surface area contributed by atoms with Gasteiger partial charge in [-0.1, -0.05) is 74.5 Å². The van der Waals surface area contributed by atoms with E-state index in [1.165, 1.54) is 17.0 Å². The third kappa shape index (κ3) is 6.23. The van der Waals surface area contributed by atoms with Gasteiger partial charge in [-0.3, -0.25) is 24.6 Å². The Labute approximate surface area is 244 Å². The van der Waals surface area contributed by atoms with E-state index in [0.717, 1.165) is 27.6 Å². The van der Waals surface area contributed by atoms with E-state index in [4.69, 9.17) is 0 Å². The normalized spacial score (nSPS) is 11.8. The molecule has 0 saturated carbocycles. The lowest BCUT2D eigenvalue weighted by molar-refractivity contribution is -0.384. The number of nitro groups is 1. The Morgan fingerprint density at radius 1 is 0.857 bits per heavy atom. The summed E-state index contributed by atoms with van der Waals surface area (Å²) in [6, 6.07) is 29.6. The fourth-order valence-corrected chi connectivity index (χ4v) is 5.06. The third-order valence-corrected chi connectivity index (χ3v) is 7.36. The Hall–Kier alpha value is -5.24. The van der Waals surface area contributed by atoms with Crippen molar-refractivity contribution in [3.8, 4) is 0 Å². The third-order valence-electron chi connectivity index (χ3n) is 7.36. The van der Waals surface area contributed by atoms with Crippen LogP contribution in [-0.2, 0) is 22.6 Å². The molecule has 1 aromatic heterocycles. The maximum atomic E-state index is 14.3. The molecule has 0 aliphatic carbocycles. The summed E-state index contributed by atoms with van der Waals surface area (Å²) in [5.41, 5.74) is 4.66. The number of anilines is 1. The van der Waals surface area contributed by atoms with E-state index >= 15 is 0 Å². The van der Waals surface area contributed by atoms with Gasteiger partial charge in [-0.25, -0.2) is 0 Å². The Morgan fingerprint density at radius 3 is 2.17 bits per heavy atom. The second-order valence-corrected chi connectivity index (χ2v) is 10.5. The molecule has 0 aliphatic heterocycles. The monoisotopic (exact) mass is 560 g/mol. The highest BCUT2D eigenvalue weighted by molar-refractivity contribution is 6.03. The number of nitro benzene ring substituents is 1. The van der Waals surface area contributed by atoms with Crippen molar-refractivity contribution in [3.63, 3.8) is 0 Å². The van der Waals surface area contributed by atoms with Gasteiger partial charge in [0.1, 0.15) is 6.04 Å². The van der Waals surface area contributed by atoms with Crippen LogP contribution in [-0.4, -0.2) is 21.7 Å². The SMILES string of the molecule is CC(C)c1ccc(N(C(=O)Cc2c[nH]c3ccccc23)C(C(=O)NCc2ccccc2)c2ccc([N+](=O)[O-])cc2)cc1. The number of nitrogens with one attached hydrogen (secondary N) is 2. The number of para-hydroxylation sites is 1. The highest BCUT2D eigenvalue weighted by Crippen LogP contribution is 2.32. The first kappa shape index (κ1) is 28.3. The van der Waals surface area contributed by atoms with Crippen molar-refractivity contribution in [2.75, 3.05) is 4.90 Å². The fourth-order valence-electron chi connectivity index (χ4n) is 5.06. The standard InChI is InChI=1S/C34H32N4O4/c1-23(2)25-12-16-28(17-13-25)37(32(39)20-27-22-35-31-11-7-6-10-30(27)31)33(26-14-18-29(19-15-26)38(41)42)34(40)36-21-24-8-4-3-5-9-24/h3-19,22-23,33,35H,20-21H2,1-2H3,(H,36,40). The van der Waals surface area contributed by atoms with E-state index in [0.29, 0.717) is 11.3 Å². The molecule has 5 rings (SSSR count). The topological polar surface area (TPSA) is 108 Å². The molecule has 0 bridgehead atoms. The number of benzene rings is 4. The molecule has 2 N–H and O–H groups in total. The van der Waals surface area contributed by atoms with Gasteiger partial charge >= 0.3 is 0 Å². The number of non-ortho nitro benzene ring substituents is 1. The Kier molecular flexibility index (Phi) is 8.43. The number of nitrogens with zero attached hydrogens (tertiary/aromatic N) is 2. The van der Waals surface area contributed by atoms with Crippen LogP contribution < -0.4 is 10.2 Å². The first-order valence-electron chi connectivity index (χ1n) is 13.8. The Morgan fingerprint density at radius 2 is 1.50 bits per heavy atom. The lowest BCUT2D eigenvalue weighted by Crippen LogP contribution is -2.44. The first-order valence-corrected chi connectivity index (χ1v) is 13.8. The van der Waals surface area contributed by atoms with Gasteiger partial charge in [0.25, 0.3) is 5.69 Å². The summed E-state index contributed by atoms with van der Waals surface area (Å²) in [6.45, 7) is 4.44. The van der Waals surface area contributed by atoms with E-state index < -0.39 is 16.9 Å². The van der Waals surface area contributed by atoms with Crippen molar-refractivity contribution >= 4 is 34.1 Å². The van der Waals surface area contributed by atoms with Crippen molar-refractivity contribution in [2.45, 2.75) is 38.8 Å². The number of carbonyl (C=O) groups is 2. The van der Waals surface area contributed by atoms with Crippen LogP contribution in [0.4, 0.5) is 11.4 Å². The minimum Gasteiger partial charge on any atom is -0.361 e. The minimum absolute atomic E-state index is 0.0470. The first-order chi connectivity index (χ1) is 20.3. The minimum atomic E-state index is -1.07. The molecule has 0 saturated heterocycles. The molecule has 0 fully saturated rings. The van der Waals surface area contributed by atoms with Crippen molar-refractivity contribution < 1.29 is 14.5 Å². The summed E-state index contributed by atoms with van der Waals surface area (Å²) in [6.07, 6.45) is 1.87. The zero-order valence-electron chi connectivity index (χ0n) is 23.5. The van der Waals surface area contributed by atoms with E-state index in [2.05, 4.69) is 24.1 Å². The van der Waals surface area contributed by atoms with Crippen LogP contribution in [0.5, 0.6) is 0 Å². The molecule has 0 aliphatic rings. The van der Waals surface area contributed by atoms with Crippen molar-refractivity contribution in [2.24, 2.45) is 0 Å². The van der Waals surface area contributed by atoms with Crippen molar-refractivity contribution in [1.82, 2.24) is 10.3 Å². The maximum absolute atomic E-state index is 14.3. The van der Waals surface area contributed by atoms with Gasteiger partial charge in [0.05, 0.1) is 11.3 Å². The van der Waals surface area contributed by atoms with Crippen LogP contribution in [0.15, 0.2) is 109 Å². The lowest BCUT2D eigenvalue weighted by atomic mass is 9.99. The van der Waals surface area contributed by atoms with E-state index in [1.54, 1.807) is 12.1 Å². The van der Waals surface area contributed by atoms with Crippen LogP contribution in [0.1, 0.15) is 48.1 Å². The predicted octanol–water partition coefficient (Wildman–Crippen LogP) is 6.83. The van der Waals surface area contributed by atoms with Gasteiger partial charge in [0.2, 0.25) is 11.8 Å². The van der Waals surface area contributed by atoms with Crippen LogP contribution in [0.3, 0.4) is 0 Å². The van der Waals surface area contributed by atoms with Crippen LogP contribution in [0, 0.1) is 10.1 Å². The lowest BCUT2D eigenvalue weighted by Gasteiger charge is -2.32. The summed E-state index contributed by atoms with van der Waals surface area (Å²) in [4.78, 5) is 43.9. The number of rotatable bonds is 10. The van der Waals surface area contributed by atoms with Gasteiger partial charge in [0.15, 0.2) is 0 Å². The maximum Gasteiger partial charge on any atom is 0.269 e. The zero-order chi connectivity index (χ0) is 29.6. The quantitative estimate of drug-likeness (QED) is 0.144. The molecule has 5 aromatic rings. The van der Waals surface area contributed by atoms with Gasteiger partial charge in [-0.05, 0) is 58.5 Å². The van der Waals surface area contributed by atoms with Crippen molar-refractivity contribution in [3.05, 3.63) is 142 Å². The number of amides is 2. The molecule has 2 amide bonds. The molecule has 4 aromatic carbocycles. The van der Waals surface area contributed by atoms with E-state index in [-0.39, 0.29) is 30.5 Å². The molecule has 0 spiro atoms. The fraction of sp³-hybridized carbons (Fsp3) is 0.176. The number of hydrogen-bond donors (Lipinski definition) is 2. The zero-order valence-corrected chi connectivity index (χ0v) is 23.5. The molecule has 212 valence electrons. The summed E-state index contributed by atoms with van der Waals surface area (Å²) in [7, 11) is 0. The molecule has 8 nitrogen and oxygen atoms in total. The second-order valence-electron chi connectivity index (χ2n) is 10.5.